The number of rotatable bonds is 2. The Morgan fingerprint density at radius 2 is 1.56 bits per heavy atom. The minimum Gasteiger partial charge on any atom is -0.506 e. The van der Waals surface area contributed by atoms with Crippen LogP contribution in [0.3, 0.4) is 0 Å². The van der Waals surface area contributed by atoms with Crippen LogP contribution in [0.15, 0.2) is 66.7 Å². The third-order valence-electron chi connectivity index (χ3n) is 4.35. The lowest BCUT2D eigenvalue weighted by Gasteiger charge is -2.27. The molecule has 0 spiro atoms. The molecule has 3 aromatic rings. The molecule has 1 amide bonds. The van der Waals surface area contributed by atoms with Crippen molar-refractivity contribution in [1.82, 2.24) is 0 Å². The first kappa shape index (κ1) is 15.3. The lowest BCUT2D eigenvalue weighted by atomic mass is 9.87. The van der Waals surface area contributed by atoms with Crippen molar-refractivity contribution in [3.63, 3.8) is 0 Å². The minimum atomic E-state index is -0.498. The highest BCUT2D eigenvalue weighted by molar-refractivity contribution is 6.00. The van der Waals surface area contributed by atoms with Crippen LogP contribution in [0.2, 0.25) is 0 Å². The van der Waals surface area contributed by atoms with Crippen molar-refractivity contribution in [2.45, 2.75) is 12.8 Å². The fourth-order valence-corrected chi connectivity index (χ4v) is 3.14. The molecule has 0 fully saturated rings. The van der Waals surface area contributed by atoms with E-state index in [1.165, 1.54) is 0 Å². The van der Waals surface area contributed by atoms with Gasteiger partial charge in [-0.3, -0.25) is 4.79 Å². The largest absolute Gasteiger partial charge is 0.506 e. The van der Waals surface area contributed by atoms with E-state index >= 15 is 0 Å². The van der Waals surface area contributed by atoms with Gasteiger partial charge in [0.25, 0.3) is 0 Å². The lowest BCUT2D eigenvalue weighted by Crippen LogP contribution is -2.25. The molecule has 0 bridgehead atoms. The SMILES string of the molecule is Cc1ccc(NC(=O)C2c3ccccc3Oc3ccccc32)c(O)c1. The Kier molecular flexibility index (Phi) is 3.65. The predicted octanol–water partition coefficient (Wildman–Crippen LogP) is 4.58. The van der Waals surface area contributed by atoms with E-state index in [9.17, 15) is 9.90 Å². The summed E-state index contributed by atoms with van der Waals surface area (Å²) in [5.41, 5.74) is 2.95. The van der Waals surface area contributed by atoms with Crippen LogP contribution in [0.5, 0.6) is 17.2 Å². The number of aryl methyl sites for hydroxylation is 1. The molecule has 25 heavy (non-hydrogen) atoms. The first-order valence-electron chi connectivity index (χ1n) is 8.09. The number of nitrogens with one attached hydrogen (secondary N) is 1. The highest BCUT2D eigenvalue weighted by Gasteiger charge is 2.32. The number of phenolic OH excluding ortho intramolecular Hbond substituents is 1. The van der Waals surface area contributed by atoms with E-state index in [0.29, 0.717) is 17.2 Å². The van der Waals surface area contributed by atoms with Gasteiger partial charge in [0.15, 0.2) is 0 Å². The predicted molar refractivity (Wildman–Crippen MR) is 96.3 cm³/mol. The molecule has 1 heterocycles. The zero-order valence-electron chi connectivity index (χ0n) is 13.7. The van der Waals surface area contributed by atoms with E-state index in [1.54, 1.807) is 12.1 Å². The number of para-hydroxylation sites is 2. The van der Waals surface area contributed by atoms with Crippen molar-refractivity contribution < 1.29 is 14.6 Å². The van der Waals surface area contributed by atoms with E-state index in [1.807, 2.05) is 61.5 Å². The molecular weight excluding hydrogens is 314 g/mol. The number of carbonyl (C=O) groups excluding carboxylic acids is 1. The zero-order chi connectivity index (χ0) is 17.4. The molecule has 0 saturated heterocycles. The van der Waals surface area contributed by atoms with E-state index < -0.39 is 5.92 Å². The van der Waals surface area contributed by atoms with Crippen LogP contribution in [0, 0.1) is 6.92 Å². The van der Waals surface area contributed by atoms with E-state index in [-0.39, 0.29) is 11.7 Å². The van der Waals surface area contributed by atoms with Crippen LogP contribution in [-0.2, 0) is 4.79 Å². The van der Waals surface area contributed by atoms with E-state index in [2.05, 4.69) is 5.32 Å². The van der Waals surface area contributed by atoms with Gasteiger partial charge < -0.3 is 15.2 Å². The number of anilines is 1. The summed E-state index contributed by atoms with van der Waals surface area (Å²) in [4.78, 5) is 13.1. The average molecular weight is 331 g/mol. The van der Waals surface area contributed by atoms with Crippen molar-refractivity contribution in [3.8, 4) is 17.2 Å². The van der Waals surface area contributed by atoms with Crippen LogP contribution in [0.1, 0.15) is 22.6 Å². The number of fused-ring (bicyclic) bond motifs is 2. The number of hydrogen-bond donors (Lipinski definition) is 2. The van der Waals surface area contributed by atoms with Gasteiger partial charge in [0.05, 0.1) is 11.6 Å². The van der Waals surface area contributed by atoms with Crippen molar-refractivity contribution in [2.24, 2.45) is 0 Å². The maximum Gasteiger partial charge on any atom is 0.236 e. The number of carbonyl (C=O) groups is 1. The van der Waals surface area contributed by atoms with Crippen LogP contribution in [0.25, 0.3) is 0 Å². The van der Waals surface area contributed by atoms with Gasteiger partial charge in [-0.05, 0) is 36.8 Å². The molecular formula is C21H17NO3. The summed E-state index contributed by atoms with van der Waals surface area (Å²) < 4.78 is 5.92. The molecule has 4 heteroatoms. The van der Waals surface area contributed by atoms with E-state index in [0.717, 1.165) is 16.7 Å². The van der Waals surface area contributed by atoms with Gasteiger partial charge in [-0.1, -0.05) is 42.5 Å². The van der Waals surface area contributed by atoms with Crippen molar-refractivity contribution in [1.29, 1.82) is 0 Å². The molecule has 1 aliphatic heterocycles. The normalized spacial score (nSPS) is 12.7. The third-order valence-corrected chi connectivity index (χ3v) is 4.35. The minimum absolute atomic E-state index is 0.0574. The average Bonchev–Trinajstić information content (AvgIpc) is 2.62. The Labute approximate surface area is 145 Å². The molecule has 0 atom stereocenters. The quantitative estimate of drug-likeness (QED) is 0.676. The van der Waals surface area contributed by atoms with Crippen molar-refractivity contribution in [3.05, 3.63) is 83.4 Å². The first-order chi connectivity index (χ1) is 12.1. The molecule has 4 nitrogen and oxygen atoms in total. The van der Waals surface area contributed by atoms with Crippen LogP contribution in [-0.4, -0.2) is 11.0 Å². The van der Waals surface area contributed by atoms with Gasteiger partial charge >= 0.3 is 0 Å². The van der Waals surface area contributed by atoms with Crippen LogP contribution < -0.4 is 10.1 Å². The van der Waals surface area contributed by atoms with Gasteiger partial charge in [-0.2, -0.15) is 0 Å². The number of amides is 1. The molecule has 1 aliphatic rings. The van der Waals surface area contributed by atoms with Gasteiger partial charge in [0, 0.05) is 11.1 Å². The summed E-state index contributed by atoms with van der Waals surface area (Å²) in [5, 5.41) is 12.9. The maximum atomic E-state index is 13.1. The van der Waals surface area contributed by atoms with E-state index in [4.69, 9.17) is 4.74 Å². The van der Waals surface area contributed by atoms with Gasteiger partial charge in [0.1, 0.15) is 17.2 Å². The fraction of sp³-hybridized carbons (Fsp3) is 0.0952. The molecule has 0 aromatic heterocycles. The second-order valence-corrected chi connectivity index (χ2v) is 6.12. The Morgan fingerprint density at radius 1 is 0.960 bits per heavy atom. The molecule has 0 saturated carbocycles. The fourth-order valence-electron chi connectivity index (χ4n) is 3.14. The third kappa shape index (κ3) is 2.72. The number of hydrogen-bond acceptors (Lipinski definition) is 3. The van der Waals surface area contributed by atoms with Gasteiger partial charge in [-0.15, -0.1) is 0 Å². The Morgan fingerprint density at radius 3 is 2.16 bits per heavy atom. The summed E-state index contributed by atoms with van der Waals surface area (Å²) in [6.07, 6.45) is 0. The van der Waals surface area contributed by atoms with Gasteiger partial charge in [-0.25, -0.2) is 0 Å². The molecule has 0 unspecified atom stereocenters. The molecule has 3 aromatic carbocycles. The molecule has 4 rings (SSSR count). The summed E-state index contributed by atoms with van der Waals surface area (Å²) in [5.74, 6) is 0.704. The molecule has 0 aliphatic carbocycles. The van der Waals surface area contributed by atoms with Crippen molar-refractivity contribution in [2.75, 3.05) is 5.32 Å². The Balaban J connectivity index is 1.75. The highest BCUT2D eigenvalue weighted by atomic mass is 16.5. The Bertz CT molecular complexity index is 919. The maximum absolute atomic E-state index is 13.1. The zero-order valence-corrected chi connectivity index (χ0v) is 13.7. The summed E-state index contributed by atoms with van der Waals surface area (Å²) in [6.45, 7) is 1.89. The van der Waals surface area contributed by atoms with Crippen LogP contribution >= 0.6 is 0 Å². The number of benzene rings is 3. The van der Waals surface area contributed by atoms with Gasteiger partial charge in [0.2, 0.25) is 5.91 Å². The second kappa shape index (κ2) is 5.98. The van der Waals surface area contributed by atoms with Crippen molar-refractivity contribution >= 4 is 11.6 Å². The topological polar surface area (TPSA) is 58.6 Å². The summed E-state index contributed by atoms with van der Waals surface area (Å²) in [7, 11) is 0. The Hall–Kier alpha value is -3.27. The molecule has 0 radical (unpaired) electrons. The smallest absolute Gasteiger partial charge is 0.236 e. The summed E-state index contributed by atoms with van der Waals surface area (Å²) in [6, 6.07) is 20.2. The first-order valence-corrected chi connectivity index (χ1v) is 8.09. The number of ether oxygens (including phenoxy) is 1. The molecule has 124 valence electrons. The second-order valence-electron chi connectivity index (χ2n) is 6.12. The number of aromatic hydroxyl groups is 1. The lowest BCUT2D eigenvalue weighted by molar-refractivity contribution is -0.116. The summed E-state index contributed by atoms with van der Waals surface area (Å²) >= 11 is 0. The highest BCUT2D eigenvalue weighted by Crippen LogP contribution is 2.44. The molecule has 2 N–H and O–H groups in total. The number of phenols is 1. The van der Waals surface area contributed by atoms with Crippen LogP contribution in [0.4, 0.5) is 5.69 Å². The monoisotopic (exact) mass is 331 g/mol. The standard InChI is InChI=1S/C21H17NO3/c1-13-10-11-16(17(23)12-13)22-21(24)20-14-6-2-4-8-18(14)25-19-9-5-3-7-15(19)20/h2-12,20,23H,1H3,(H,22,24).